The molecule has 0 bridgehead atoms. The fourth-order valence-corrected chi connectivity index (χ4v) is 2.42. The van der Waals surface area contributed by atoms with E-state index in [0.717, 1.165) is 11.3 Å². The Morgan fingerprint density at radius 2 is 1.95 bits per heavy atom. The van der Waals surface area contributed by atoms with Crippen LogP contribution < -0.4 is 5.32 Å². The molecule has 6 heteroatoms. The number of nitrogens with zero attached hydrogens (tertiary/aromatic N) is 1. The lowest BCUT2D eigenvalue weighted by atomic mass is 9.96. The van der Waals surface area contributed by atoms with E-state index >= 15 is 0 Å². The summed E-state index contributed by atoms with van der Waals surface area (Å²) in [5.74, 6) is -0.0625. The van der Waals surface area contributed by atoms with Gasteiger partial charge < -0.3 is 5.32 Å². The molecule has 1 heterocycles. The van der Waals surface area contributed by atoms with Gasteiger partial charge in [0.15, 0.2) is 5.13 Å². The van der Waals surface area contributed by atoms with Crippen LogP contribution in [0.1, 0.15) is 20.8 Å². The Balaban J connectivity index is 2.21. The normalized spacial score (nSPS) is 11.4. The topological polar surface area (TPSA) is 42.0 Å². The van der Waals surface area contributed by atoms with Crippen molar-refractivity contribution < 1.29 is 4.79 Å². The van der Waals surface area contributed by atoms with E-state index in [9.17, 15) is 4.79 Å². The zero-order valence-corrected chi connectivity index (χ0v) is 13.7. The van der Waals surface area contributed by atoms with Gasteiger partial charge >= 0.3 is 0 Å². The maximum Gasteiger partial charge on any atom is 0.231 e. The van der Waals surface area contributed by atoms with Crippen molar-refractivity contribution in [1.29, 1.82) is 0 Å². The van der Waals surface area contributed by atoms with Crippen molar-refractivity contribution in [1.82, 2.24) is 4.98 Å². The fourth-order valence-electron chi connectivity index (χ4n) is 1.40. The van der Waals surface area contributed by atoms with Gasteiger partial charge in [0.05, 0.1) is 15.7 Å². The Morgan fingerprint density at radius 3 is 2.55 bits per heavy atom. The van der Waals surface area contributed by atoms with E-state index in [1.165, 1.54) is 11.3 Å². The predicted octanol–water partition coefficient (Wildman–Crippen LogP) is 5.10. The van der Waals surface area contributed by atoms with Crippen molar-refractivity contribution in [3.63, 3.8) is 0 Å². The van der Waals surface area contributed by atoms with Gasteiger partial charge in [-0.2, -0.15) is 0 Å². The minimum absolute atomic E-state index is 0.0625. The van der Waals surface area contributed by atoms with Gasteiger partial charge in [-0.15, -0.1) is 11.3 Å². The molecule has 0 aliphatic heterocycles. The second-order valence-corrected chi connectivity index (χ2v) is 7.04. The summed E-state index contributed by atoms with van der Waals surface area (Å²) in [6.45, 7) is 5.57. The standard InChI is InChI=1S/C14H14Cl2N2OS/c1-14(2,3)12(19)18-13-17-11(7-20-13)8-4-5-9(15)10(16)6-8/h4-7H,1-3H3,(H,17,18,19). The molecule has 20 heavy (non-hydrogen) atoms. The van der Waals surface area contributed by atoms with E-state index in [2.05, 4.69) is 10.3 Å². The largest absolute Gasteiger partial charge is 0.302 e. The molecule has 1 aromatic heterocycles. The fraction of sp³-hybridized carbons (Fsp3) is 0.286. The smallest absolute Gasteiger partial charge is 0.231 e. The third-order valence-corrected chi connectivity index (χ3v) is 4.12. The molecule has 0 atom stereocenters. The zero-order chi connectivity index (χ0) is 14.9. The van der Waals surface area contributed by atoms with Crippen LogP contribution in [-0.2, 0) is 4.79 Å². The first-order valence-electron chi connectivity index (χ1n) is 6.00. The van der Waals surface area contributed by atoms with Gasteiger partial charge in [-0.3, -0.25) is 4.79 Å². The Kier molecular flexibility index (Phi) is 4.37. The van der Waals surface area contributed by atoms with E-state index in [4.69, 9.17) is 23.2 Å². The molecule has 0 saturated heterocycles. The van der Waals surface area contributed by atoms with Gasteiger partial charge in [0.1, 0.15) is 0 Å². The number of aromatic nitrogens is 1. The molecule has 0 fully saturated rings. The Hall–Kier alpha value is -1.10. The van der Waals surface area contributed by atoms with E-state index in [1.54, 1.807) is 12.1 Å². The number of rotatable bonds is 2. The maximum atomic E-state index is 11.9. The molecule has 0 aliphatic rings. The summed E-state index contributed by atoms with van der Waals surface area (Å²) in [5.41, 5.74) is 1.18. The van der Waals surface area contributed by atoms with Crippen LogP contribution in [0, 0.1) is 5.41 Å². The first kappa shape index (κ1) is 15.3. The van der Waals surface area contributed by atoms with Gasteiger partial charge in [-0.25, -0.2) is 4.98 Å². The quantitative estimate of drug-likeness (QED) is 0.833. The van der Waals surface area contributed by atoms with Crippen molar-refractivity contribution in [2.45, 2.75) is 20.8 Å². The monoisotopic (exact) mass is 328 g/mol. The molecule has 1 amide bonds. The summed E-state index contributed by atoms with van der Waals surface area (Å²) in [5, 5.41) is 6.25. The summed E-state index contributed by atoms with van der Waals surface area (Å²) < 4.78 is 0. The highest BCUT2D eigenvalue weighted by atomic mass is 35.5. The lowest BCUT2D eigenvalue weighted by molar-refractivity contribution is -0.123. The van der Waals surface area contributed by atoms with Crippen molar-refractivity contribution in [3.05, 3.63) is 33.6 Å². The third kappa shape index (κ3) is 3.51. The van der Waals surface area contributed by atoms with Crippen LogP contribution in [0.4, 0.5) is 5.13 Å². The SMILES string of the molecule is CC(C)(C)C(=O)Nc1nc(-c2ccc(Cl)c(Cl)c2)cs1. The number of hydrogen-bond acceptors (Lipinski definition) is 3. The molecule has 0 saturated carbocycles. The van der Waals surface area contributed by atoms with E-state index in [-0.39, 0.29) is 5.91 Å². The highest BCUT2D eigenvalue weighted by molar-refractivity contribution is 7.14. The molecule has 106 valence electrons. The number of anilines is 1. The zero-order valence-electron chi connectivity index (χ0n) is 11.3. The number of nitrogens with one attached hydrogen (secondary N) is 1. The van der Waals surface area contributed by atoms with Crippen molar-refractivity contribution >= 4 is 45.6 Å². The molecule has 1 N–H and O–H groups in total. The van der Waals surface area contributed by atoms with Crippen LogP contribution >= 0.6 is 34.5 Å². The molecule has 2 aromatic rings. The van der Waals surface area contributed by atoms with Crippen LogP contribution in [0.15, 0.2) is 23.6 Å². The van der Waals surface area contributed by atoms with Gasteiger partial charge in [0.2, 0.25) is 5.91 Å². The Bertz CT molecular complexity index is 647. The number of carbonyl (C=O) groups is 1. The second kappa shape index (κ2) is 5.72. The maximum absolute atomic E-state index is 11.9. The minimum atomic E-state index is -0.449. The number of thiazole rings is 1. The molecule has 0 aliphatic carbocycles. The number of benzene rings is 1. The van der Waals surface area contributed by atoms with E-state index < -0.39 is 5.41 Å². The van der Waals surface area contributed by atoms with Crippen LogP contribution in [0.3, 0.4) is 0 Å². The summed E-state index contributed by atoms with van der Waals surface area (Å²) in [6, 6.07) is 5.33. The highest BCUT2D eigenvalue weighted by Crippen LogP contribution is 2.30. The number of halogens is 2. The first-order valence-corrected chi connectivity index (χ1v) is 7.63. The van der Waals surface area contributed by atoms with Crippen molar-refractivity contribution in [2.24, 2.45) is 5.41 Å². The second-order valence-electron chi connectivity index (χ2n) is 5.37. The molecule has 1 aromatic carbocycles. The lowest BCUT2D eigenvalue weighted by Crippen LogP contribution is -2.27. The molecule has 2 rings (SSSR count). The summed E-state index contributed by atoms with van der Waals surface area (Å²) in [6.07, 6.45) is 0. The van der Waals surface area contributed by atoms with Crippen LogP contribution in [0.5, 0.6) is 0 Å². The summed E-state index contributed by atoms with van der Waals surface area (Å²) in [4.78, 5) is 16.3. The molecular weight excluding hydrogens is 315 g/mol. The molecule has 0 unspecified atom stereocenters. The average Bonchev–Trinajstić information content (AvgIpc) is 2.80. The molecular formula is C14H14Cl2N2OS. The molecule has 3 nitrogen and oxygen atoms in total. The van der Waals surface area contributed by atoms with E-state index in [1.807, 2.05) is 32.2 Å². The summed E-state index contributed by atoms with van der Waals surface area (Å²) >= 11 is 13.3. The Morgan fingerprint density at radius 1 is 1.25 bits per heavy atom. The molecule has 0 radical (unpaired) electrons. The average molecular weight is 329 g/mol. The minimum Gasteiger partial charge on any atom is -0.302 e. The Labute approximate surface area is 131 Å². The predicted molar refractivity (Wildman–Crippen MR) is 85.7 cm³/mol. The lowest BCUT2D eigenvalue weighted by Gasteiger charge is -2.15. The van der Waals surface area contributed by atoms with Crippen molar-refractivity contribution in [3.8, 4) is 11.3 Å². The number of carbonyl (C=O) groups excluding carboxylic acids is 1. The summed E-state index contributed by atoms with van der Waals surface area (Å²) in [7, 11) is 0. The van der Waals surface area contributed by atoms with Gasteiger partial charge in [0, 0.05) is 16.4 Å². The van der Waals surface area contributed by atoms with Crippen molar-refractivity contribution in [2.75, 3.05) is 5.32 Å². The van der Waals surface area contributed by atoms with Crippen LogP contribution in [-0.4, -0.2) is 10.9 Å². The van der Waals surface area contributed by atoms with Gasteiger partial charge in [-0.1, -0.05) is 50.0 Å². The van der Waals surface area contributed by atoms with Crippen LogP contribution in [0.25, 0.3) is 11.3 Å². The van der Waals surface area contributed by atoms with Crippen LogP contribution in [0.2, 0.25) is 10.0 Å². The van der Waals surface area contributed by atoms with Gasteiger partial charge in [0.25, 0.3) is 0 Å². The van der Waals surface area contributed by atoms with E-state index in [0.29, 0.717) is 15.2 Å². The molecule has 0 spiro atoms. The first-order chi connectivity index (χ1) is 9.27. The van der Waals surface area contributed by atoms with Gasteiger partial charge in [-0.05, 0) is 12.1 Å². The third-order valence-electron chi connectivity index (χ3n) is 2.62. The number of hydrogen-bond donors (Lipinski definition) is 1. The number of amides is 1. The highest BCUT2D eigenvalue weighted by Gasteiger charge is 2.22.